The summed E-state index contributed by atoms with van der Waals surface area (Å²) in [7, 11) is 0. The fourth-order valence-electron chi connectivity index (χ4n) is 2.33. The molecule has 2 atom stereocenters. The van der Waals surface area contributed by atoms with Crippen LogP contribution in [0.15, 0.2) is 18.2 Å². The van der Waals surface area contributed by atoms with E-state index in [9.17, 15) is 9.18 Å². The van der Waals surface area contributed by atoms with E-state index in [1.54, 1.807) is 24.0 Å². The molecule has 1 heterocycles. The monoisotopic (exact) mass is 280 g/mol. The molecule has 20 heavy (non-hydrogen) atoms. The molecule has 5 heteroatoms. The van der Waals surface area contributed by atoms with Crippen molar-refractivity contribution in [3.05, 3.63) is 35.1 Å². The molecule has 1 aliphatic rings. The third kappa shape index (κ3) is 3.16. The van der Waals surface area contributed by atoms with Crippen molar-refractivity contribution >= 4 is 5.91 Å². The second-order valence-corrected chi connectivity index (χ2v) is 5.17. The lowest BCUT2D eigenvalue weighted by Gasteiger charge is -2.34. The highest BCUT2D eigenvalue weighted by molar-refractivity contribution is 5.81. The minimum Gasteiger partial charge on any atom is -0.370 e. The number of ether oxygens (including phenoxy) is 1. The summed E-state index contributed by atoms with van der Waals surface area (Å²) >= 11 is 0. The van der Waals surface area contributed by atoms with Crippen molar-refractivity contribution in [3.8, 4) is 0 Å². The number of amides is 1. The molecule has 110 valence electrons. The molecular weight excluding hydrogens is 259 g/mol. The van der Waals surface area contributed by atoms with Crippen LogP contribution < -0.4 is 5.73 Å². The standard InChI is InChI=1S/C15H21FN2O2/c1-3-13(17)15(19)18-6-7-20-14(9-18)11-4-5-12(16)10(2)8-11/h4-5,8,13-14H,3,6-7,9,17H2,1-2H3/t13-,14-/m0/s1. The largest absolute Gasteiger partial charge is 0.370 e. The van der Waals surface area contributed by atoms with Gasteiger partial charge >= 0.3 is 0 Å². The molecule has 0 unspecified atom stereocenters. The highest BCUT2D eigenvalue weighted by Gasteiger charge is 2.27. The number of nitrogens with two attached hydrogens (primary N) is 1. The predicted molar refractivity (Wildman–Crippen MR) is 74.7 cm³/mol. The summed E-state index contributed by atoms with van der Waals surface area (Å²) in [4.78, 5) is 13.8. The lowest BCUT2D eigenvalue weighted by molar-refractivity contribution is -0.140. The number of hydrogen-bond donors (Lipinski definition) is 1. The van der Waals surface area contributed by atoms with Gasteiger partial charge in [-0.05, 0) is 30.5 Å². The maximum absolute atomic E-state index is 13.3. The van der Waals surface area contributed by atoms with Crippen LogP contribution in [0.1, 0.15) is 30.6 Å². The zero-order chi connectivity index (χ0) is 14.7. The molecule has 2 N–H and O–H groups in total. The SMILES string of the molecule is CC[C@H](N)C(=O)N1CCO[C@H](c2ccc(F)c(C)c2)C1. The van der Waals surface area contributed by atoms with Gasteiger partial charge < -0.3 is 15.4 Å². The second-order valence-electron chi connectivity index (χ2n) is 5.17. The minimum atomic E-state index is -0.455. The minimum absolute atomic E-state index is 0.0420. The molecule has 0 spiro atoms. The van der Waals surface area contributed by atoms with Crippen LogP contribution in [-0.4, -0.2) is 36.5 Å². The second kappa shape index (κ2) is 6.33. The molecule has 4 nitrogen and oxygen atoms in total. The average Bonchev–Trinajstić information content (AvgIpc) is 2.48. The number of benzene rings is 1. The van der Waals surface area contributed by atoms with Gasteiger partial charge in [-0.1, -0.05) is 19.1 Å². The predicted octanol–water partition coefficient (Wildman–Crippen LogP) is 1.77. The van der Waals surface area contributed by atoms with E-state index < -0.39 is 6.04 Å². The van der Waals surface area contributed by atoms with Crippen LogP contribution in [-0.2, 0) is 9.53 Å². The number of halogens is 1. The first-order chi connectivity index (χ1) is 9.52. The maximum atomic E-state index is 13.3. The van der Waals surface area contributed by atoms with Gasteiger partial charge in [-0.25, -0.2) is 4.39 Å². The first kappa shape index (κ1) is 14.9. The Morgan fingerprint density at radius 2 is 2.35 bits per heavy atom. The van der Waals surface area contributed by atoms with Crippen molar-refractivity contribution < 1.29 is 13.9 Å². The number of nitrogens with zero attached hydrogens (tertiary/aromatic N) is 1. The quantitative estimate of drug-likeness (QED) is 0.918. The van der Waals surface area contributed by atoms with Crippen LogP contribution >= 0.6 is 0 Å². The molecular formula is C15H21FN2O2. The van der Waals surface area contributed by atoms with Gasteiger partial charge in [-0.15, -0.1) is 0 Å². The van der Waals surface area contributed by atoms with Crippen LogP contribution in [0.25, 0.3) is 0 Å². The lowest BCUT2D eigenvalue weighted by atomic mass is 10.0. The number of carbonyl (C=O) groups is 1. The molecule has 1 aromatic rings. The van der Waals surface area contributed by atoms with Gasteiger partial charge in [0.05, 0.1) is 19.2 Å². The zero-order valence-electron chi connectivity index (χ0n) is 11.9. The van der Waals surface area contributed by atoms with Crippen molar-refractivity contribution in [2.24, 2.45) is 5.73 Å². The summed E-state index contributed by atoms with van der Waals surface area (Å²) in [5, 5.41) is 0. The summed E-state index contributed by atoms with van der Waals surface area (Å²) in [5.74, 6) is -0.273. The van der Waals surface area contributed by atoms with Gasteiger partial charge in [0.25, 0.3) is 0 Å². The van der Waals surface area contributed by atoms with Crippen molar-refractivity contribution in [1.82, 2.24) is 4.90 Å². The van der Waals surface area contributed by atoms with E-state index in [2.05, 4.69) is 0 Å². The Kier molecular flexibility index (Phi) is 4.73. The molecule has 1 fully saturated rings. The fraction of sp³-hybridized carbons (Fsp3) is 0.533. The molecule has 0 aromatic heterocycles. The van der Waals surface area contributed by atoms with Gasteiger partial charge in [0.1, 0.15) is 11.9 Å². The summed E-state index contributed by atoms with van der Waals surface area (Å²) in [6.45, 7) is 5.12. The van der Waals surface area contributed by atoms with E-state index in [0.717, 1.165) is 5.56 Å². The number of rotatable bonds is 3. The Hall–Kier alpha value is -1.46. The van der Waals surface area contributed by atoms with Gasteiger partial charge in [-0.2, -0.15) is 0 Å². The topological polar surface area (TPSA) is 55.6 Å². The van der Waals surface area contributed by atoms with E-state index in [4.69, 9.17) is 10.5 Å². The van der Waals surface area contributed by atoms with E-state index in [1.165, 1.54) is 6.07 Å². The first-order valence-corrected chi connectivity index (χ1v) is 6.95. The Morgan fingerprint density at radius 1 is 1.60 bits per heavy atom. The van der Waals surface area contributed by atoms with E-state index in [-0.39, 0.29) is 17.8 Å². The molecule has 0 aliphatic carbocycles. The fourth-order valence-corrected chi connectivity index (χ4v) is 2.33. The number of aryl methyl sites for hydroxylation is 1. The molecule has 1 aromatic carbocycles. The normalized spacial score (nSPS) is 20.8. The molecule has 1 amide bonds. The van der Waals surface area contributed by atoms with Crippen LogP contribution in [0.2, 0.25) is 0 Å². The van der Waals surface area contributed by atoms with E-state index in [1.807, 2.05) is 6.92 Å². The number of morpholine rings is 1. The molecule has 0 saturated carbocycles. The Labute approximate surface area is 118 Å². The van der Waals surface area contributed by atoms with Crippen LogP contribution in [0.3, 0.4) is 0 Å². The summed E-state index contributed by atoms with van der Waals surface area (Å²) in [6.07, 6.45) is 0.410. The summed E-state index contributed by atoms with van der Waals surface area (Å²) < 4.78 is 19.0. The highest BCUT2D eigenvalue weighted by Crippen LogP contribution is 2.24. The van der Waals surface area contributed by atoms with Crippen LogP contribution in [0.4, 0.5) is 4.39 Å². The highest BCUT2D eigenvalue weighted by atomic mass is 19.1. The van der Waals surface area contributed by atoms with Crippen molar-refractivity contribution in [2.75, 3.05) is 19.7 Å². The third-order valence-corrected chi connectivity index (χ3v) is 3.69. The van der Waals surface area contributed by atoms with E-state index in [0.29, 0.717) is 31.7 Å². The van der Waals surface area contributed by atoms with Crippen LogP contribution in [0.5, 0.6) is 0 Å². The van der Waals surface area contributed by atoms with Gasteiger partial charge in [0, 0.05) is 6.54 Å². The number of hydrogen-bond acceptors (Lipinski definition) is 3. The van der Waals surface area contributed by atoms with E-state index >= 15 is 0 Å². The first-order valence-electron chi connectivity index (χ1n) is 6.95. The summed E-state index contributed by atoms with van der Waals surface area (Å²) in [6, 6.07) is 4.46. The zero-order valence-corrected chi connectivity index (χ0v) is 11.9. The Bertz CT molecular complexity index is 493. The molecule has 2 rings (SSSR count). The van der Waals surface area contributed by atoms with Gasteiger partial charge in [0.15, 0.2) is 0 Å². The Morgan fingerprint density at radius 3 is 3.00 bits per heavy atom. The third-order valence-electron chi connectivity index (χ3n) is 3.69. The van der Waals surface area contributed by atoms with Crippen molar-refractivity contribution in [1.29, 1.82) is 0 Å². The molecule has 1 saturated heterocycles. The lowest BCUT2D eigenvalue weighted by Crippen LogP contribution is -2.49. The van der Waals surface area contributed by atoms with Gasteiger partial charge in [-0.3, -0.25) is 4.79 Å². The van der Waals surface area contributed by atoms with Crippen molar-refractivity contribution in [2.45, 2.75) is 32.4 Å². The average molecular weight is 280 g/mol. The smallest absolute Gasteiger partial charge is 0.239 e. The molecule has 1 aliphatic heterocycles. The van der Waals surface area contributed by atoms with Gasteiger partial charge in [0.2, 0.25) is 5.91 Å². The van der Waals surface area contributed by atoms with Crippen LogP contribution in [0, 0.1) is 12.7 Å². The summed E-state index contributed by atoms with van der Waals surface area (Å²) in [5.41, 5.74) is 7.27. The maximum Gasteiger partial charge on any atom is 0.239 e. The number of carbonyl (C=O) groups excluding carboxylic acids is 1. The Balaban J connectivity index is 2.10. The molecule has 0 bridgehead atoms. The molecule has 0 radical (unpaired) electrons. The van der Waals surface area contributed by atoms with Crippen molar-refractivity contribution in [3.63, 3.8) is 0 Å².